The maximum Gasteiger partial charge on any atom is 0.262 e. The molecule has 0 fully saturated rings. The van der Waals surface area contributed by atoms with Crippen molar-refractivity contribution < 1.29 is 17.5 Å². The molecule has 34 heavy (non-hydrogen) atoms. The lowest BCUT2D eigenvalue weighted by Crippen LogP contribution is -2.35. The third-order valence-electron chi connectivity index (χ3n) is 6.06. The summed E-state index contributed by atoms with van der Waals surface area (Å²) in [5, 5.41) is 0.571. The fraction of sp³-hybridized carbons (Fsp3) is 0.250. The van der Waals surface area contributed by atoms with Crippen LogP contribution in [-0.4, -0.2) is 35.9 Å². The third-order valence-corrected chi connectivity index (χ3v) is 9.04. The van der Waals surface area contributed by atoms with Crippen LogP contribution in [0.15, 0.2) is 64.5 Å². The highest BCUT2D eigenvalue weighted by Gasteiger charge is 2.31. The van der Waals surface area contributed by atoms with Crippen molar-refractivity contribution in [1.82, 2.24) is 13.9 Å². The first-order chi connectivity index (χ1) is 16.4. The van der Waals surface area contributed by atoms with E-state index in [1.807, 2.05) is 24.3 Å². The van der Waals surface area contributed by atoms with E-state index in [2.05, 4.69) is 4.98 Å². The van der Waals surface area contributed by atoms with Gasteiger partial charge in [0, 0.05) is 24.5 Å². The van der Waals surface area contributed by atoms with Gasteiger partial charge in [-0.15, -0.1) is 11.3 Å². The van der Waals surface area contributed by atoms with Crippen LogP contribution in [0.1, 0.15) is 16.0 Å². The molecule has 2 aromatic carbocycles. The topological polar surface area (TPSA) is 81.5 Å². The number of sulfonamides is 1. The standard InChI is InChI=1S/C24H22FN3O4S2/c1-32-20-5-3-2-4-16(20)10-12-27-15-26-23-22(24(27)29)19-11-13-28(14-21(19)33-23)34(30,31)18-8-6-17(25)7-9-18/h2-9,15H,10-14H2,1H3. The number of halogens is 1. The minimum absolute atomic E-state index is 0.0512. The number of hydrogen-bond acceptors (Lipinski definition) is 6. The minimum atomic E-state index is -3.77. The lowest BCUT2D eigenvalue weighted by Gasteiger charge is -2.26. The highest BCUT2D eigenvalue weighted by atomic mass is 32.2. The van der Waals surface area contributed by atoms with Gasteiger partial charge in [0.15, 0.2) is 0 Å². The monoisotopic (exact) mass is 499 g/mol. The van der Waals surface area contributed by atoms with Crippen molar-refractivity contribution in [2.24, 2.45) is 0 Å². The molecule has 0 amide bonds. The van der Waals surface area contributed by atoms with E-state index in [4.69, 9.17) is 4.74 Å². The number of nitrogens with zero attached hydrogens (tertiary/aromatic N) is 3. The van der Waals surface area contributed by atoms with Gasteiger partial charge in [0.05, 0.1) is 23.7 Å². The third kappa shape index (κ3) is 4.02. The van der Waals surface area contributed by atoms with Crippen LogP contribution in [0.5, 0.6) is 5.75 Å². The highest BCUT2D eigenvalue weighted by molar-refractivity contribution is 7.89. The van der Waals surface area contributed by atoms with Gasteiger partial charge in [0.25, 0.3) is 5.56 Å². The summed E-state index contributed by atoms with van der Waals surface area (Å²) in [6.45, 7) is 0.864. The normalized spacial score (nSPS) is 14.3. The van der Waals surface area contributed by atoms with Crippen molar-refractivity contribution in [3.63, 3.8) is 0 Å². The van der Waals surface area contributed by atoms with Gasteiger partial charge in [-0.2, -0.15) is 4.31 Å². The molecule has 0 radical (unpaired) electrons. The zero-order valence-electron chi connectivity index (χ0n) is 18.4. The number of aromatic nitrogens is 2. The summed E-state index contributed by atoms with van der Waals surface area (Å²) in [6, 6.07) is 12.5. The van der Waals surface area contributed by atoms with Gasteiger partial charge in [-0.05, 0) is 54.3 Å². The van der Waals surface area contributed by atoms with Crippen LogP contribution in [0.25, 0.3) is 10.2 Å². The van der Waals surface area contributed by atoms with Crippen molar-refractivity contribution in [2.75, 3.05) is 13.7 Å². The quantitative estimate of drug-likeness (QED) is 0.405. The van der Waals surface area contributed by atoms with Gasteiger partial charge in [-0.1, -0.05) is 18.2 Å². The Morgan fingerprint density at radius 3 is 2.68 bits per heavy atom. The Morgan fingerprint density at radius 2 is 1.91 bits per heavy atom. The number of fused-ring (bicyclic) bond motifs is 3. The number of aryl methyl sites for hydroxylation is 2. The van der Waals surface area contributed by atoms with Crippen LogP contribution < -0.4 is 10.3 Å². The molecule has 4 aromatic rings. The molecule has 0 unspecified atom stereocenters. The molecule has 0 spiro atoms. The van der Waals surface area contributed by atoms with Crippen molar-refractivity contribution in [3.05, 3.63) is 87.0 Å². The van der Waals surface area contributed by atoms with Crippen LogP contribution in [-0.2, 0) is 36.0 Å². The average molecular weight is 500 g/mol. The van der Waals surface area contributed by atoms with E-state index in [9.17, 15) is 17.6 Å². The van der Waals surface area contributed by atoms with Crippen molar-refractivity contribution >= 4 is 31.6 Å². The molecule has 176 valence electrons. The van der Waals surface area contributed by atoms with E-state index in [-0.39, 0.29) is 23.5 Å². The first kappa shape index (κ1) is 22.7. The molecule has 1 aliphatic heterocycles. The van der Waals surface area contributed by atoms with E-state index in [0.717, 1.165) is 33.9 Å². The molecule has 0 N–H and O–H groups in total. The molecular weight excluding hydrogens is 477 g/mol. The molecule has 0 aliphatic carbocycles. The predicted molar refractivity (Wildman–Crippen MR) is 128 cm³/mol. The molecule has 0 atom stereocenters. The van der Waals surface area contributed by atoms with E-state index in [1.54, 1.807) is 18.0 Å². The zero-order valence-corrected chi connectivity index (χ0v) is 20.0. The number of thiophene rings is 1. The molecule has 0 saturated heterocycles. The Kier molecular flexibility index (Phi) is 5.97. The average Bonchev–Trinajstić information content (AvgIpc) is 3.22. The Hall–Kier alpha value is -3.08. The molecule has 10 heteroatoms. The first-order valence-corrected chi connectivity index (χ1v) is 13.0. The van der Waals surface area contributed by atoms with Crippen molar-refractivity contribution in [3.8, 4) is 5.75 Å². The molecular formula is C24H22FN3O4S2. The first-order valence-electron chi connectivity index (χ1n) is 10.8. The van der Waals surface area contributed by atoms with Crippen LogP contribution in [0.4, 0.5) is 4.39 Å². The lowest BCUT2D eigenvalue weighted by molar-refractivity contribution is 0.396. The maximum absolute atomic E-state index is 13.3. The number of methoxy groups -OCH3 is 1. The summed E-state index contributed by atoms with van der Waals surface area (Å²) in [5.74, 6) is 0.289. The predicted octanol–water partition coefficient (Wildman–Crippen LogP) is 3.60. The van der Waals surface area contributed by atoms with E-state index in [0.29, 0.717) is 29.6 Å². The number of benzene rings is 2. The SMILES string of the molecule is COc1ccccc1CCn1cnc2sc3c(c2c1=O)CCN(S(=O)(=O)c1ccc(F)cc1)C3. The summed E-state index contributed by atoms with van der Waals surface area (Å²) in [7, 11) is -2.14. The van der Waals surface area contributed by atoms with Gasteiger partial charge in [-0.25, -0.2) is 17.8 Å². The summed E-state index contributed by atoms with van der Waals surface area (Å²) < 4.78 is 47.7. The van der Waals surface area contributed by atoms with Gasteiger partial charge in [-0.3, -0.25) is 9.36 Å². The summed E-state index contributed by atoms with van der Waals surface area (Å²) in [5.41, 5.74) is 1.76. The molecule has 2 aromatic heterocycles. The van der Waals surface area contributed by atoms with E-state index >= 15 is 0 Å². The second-order valence-corrected chi connectivity index (χ2v) is 11.1. The van der Waals surface area contributed by atoms with Crippen LogP contribution in [0, 0.1) is 5.82 Å². The summed E-state index contributed by atoms with van der Waals surface area (Å²) in [4.78, 5) is 19.3. The Bertz CT molecular complexity index is 1530. The largest absolute Gasteiger partial charge is 0.496 e. The summed E-state index contributed by atoms with van der Waals surface area (Å²) in [6.07, 6.45) is 2.59. The molecule has 0 saturated carbocycles. The molecule has 5 rings (SSSR count). The number of rotatable bonds is 6. The zero-order chi connectivity index (χ0) is 23.9. The second kappa shape index (κ2) is 8.94. The molecule has 3 heterocycles. The van der Waals surface area contributed by atoms with Gasteiger partial charge in [0.2, 0.25) is 10.0 Å². The summed E-state index contributed by atoms with van der Waals surface area (Å²) >= 11 is 1.35. The van der Waals surface area contributed by atoms with Crippen molar-refractivity contribution in [2.45, 2.75) is 30.8 Å². The number of para-hydroxylation sites is 1. The van der Waals surface area contributed by atoms with Crippen LogP contribution >= 0.6 is 11.3 Å². The Morgan fingerprint density at radius 1 is 1.15 bits per heavy atom. The molecule has 1 aliphatic rings. The fourth-order valence-corrected chi connectivity index (χ4v) is 6.95. The fourth-order valence-electron chi connectivity index (χ4n) is 4.27. The molecule has 7 nitrogen and oxygen atoms in total. The minimum Gasteiger partial charge on any atom is -0.496 e. The number of hydrogen-bond donors (Lipinski definition) is 0. The van der Waals surface area contributed by atoms with Gasteiger partial charge < -0.3 is 4.74 Å². The van der Waals surface area contributed by atoms with Crippen molar-refractivity contribution in [1.29, 1.82) is 0 Å². The Balaban J connectivity index is 1.43. The smallest absolute Gasteiger partial charge is 0.262 e. The lowest BCUT2D eigenvalue weighted by atomic mass is 10.1. The van der Waals surface area contributed by atoms with Crippen LogP contribution in [0.2, 0.25) is 0 Å². The van der Waals surface area contributed by atoms with Gasteiger partial charge >= 0.3 is 0 Å². The number of ether oxygens (including phenoxy) is 1. The highest BCUT2D eigenvalue weighted by Crippen LogP contribution is 2.34. The van der Waals surface area contributed by atoms with E-state index < -0.39 is 15.8 Å². The Labute approximate surface area is 200 Å². The molecule has 0 bridgehead atoms. The second-order valence-electron chi connectivity index (χ2n) is 8.03. The maximum atomic E-state index is 13.3. The van der Waals surface area contributed by atoms with Crippen LogP contribution in [0.3, 0.4) is 0 Å². The van der Waals surface area contributed by atoms with Gasteiger partial charge in [0.1, 0.15) is 16.4 Å². The van der Waals surface area contributed by atoms with E-state index in [1.165, 1.54) is 27.8 Å².